The molecule has 0 aromatic heterocycles. The summed E-state index contributed by atoms with van der Waals surface area (Å²) in [5, 5.41) is 34.8. The van der Waals surface area contributed by atoms with Gasteiger partial charge in [-0.15, -0.1) is 0 Å². The molecule has 206 valence electrons. The van der Waals surface area contributed by atoms with Crippen LogP contribution in [0.1, 0.15) is 18.4 Å². The first-order valence-electron chi connectivity index (χ1n) is 13.2. The molecule has 0 saturated carbocycles. The number of hydrogen-bond donors (Lipinski definition) is 6. The Hall–Kier alpha value is -3.62. The SMILES string of the molecule is Cc1c(O)c(Nc2ccc(NCCCN(C)C)cc2)cc(Nc2ccc(NCCC[N+](C)(C)C)cc2)c1O. The van der Waals surface area contributed by atoms with Crippen molar-refractivity contribution in [3.8, 4) is 11.5 Å². The van der Waals surface area contributed by atoms with Crippen molar-refractivity contribution in [2.75, 3.05) is 82.7 Å². The third-order valence-electron chi connectivity index (χ3n) is 6.28. The van der Waals surface area contributed by atoms with Gasteiger partial charge in [-0.25, -0.2) is 0 Å². The normalized spacial score (nSPS) is 11.4. The number of benzene rings is 3. The molecule has 0 heterocycles. The van der Waals surface area contributed by atoms with Crippen molar-refractivity contribution in [2.45, 2.75) is 19.8 Å². The van der Waals surface area contributed by atoms with E-state index in [2.05, 4.69) is 61.4 Å². The average molecular weight is 522 g/mol. The molecule has 0 aliphatic carbocycles. The lowest BCUT2D eigenvalue weighted by molar-refractivity contribution is -0.870. The molecule has 38 heavy (non-hydrogen) atoms. The molecule has 0 atom stereocenters. The predicted octanol–water partition coefficient (Wildman–Crippen LogP) is 5.77. The van der Waals surface area contributed by atoms with Crippen molar-refractivity contribution in [2.24, 2.45) is 0 Å². The van der Waals surface area contributed by atoms with Gasteiger partial charge < -0.3 is 40.9 Å². The predicted molar refractivity (Wildman–Crippen MR) is 162 cm³/mol. The Morgan fingerprint density at radius 3 is 1.53 bits per heavy atom. The third-order valence-corrected chi connectivity index (χ3v) is 6.28. The Bertz CT molecular complexity index is 1160. The molecule has 6 N–H and O–H groups in total. The van der Waals surface area contributed by atoms with Gasteiger partial charge in [0.1, 0.15) is 11.5 Å². The number of nitrogens with zero attached hydrogens (tertiary/aromatic N) is 2. The van der Waals surface area contributed by atoms with E-state index in [0.717, 1.165) is 66.3 Å². The maximum Gasteiger partial charge on any atom is 0.145 e. The van der Waals surface area contributed by atoms with Gasteiger partial charge in [-0.3, -0.25) is 0 Å². The molecular weight excluding hydrogens is 476 g/mol. The highest BCUT2D eigenvalue weighted by atomic mass is 16.3. The minimum atomic E-state index is 0.0207. The lowest BCUT2D eigenvalue weighted by atomic mass is 10.1. The van der Waals surface area contributed by atoms with E-state index in [1.807, 2.05) is 48.5 Å². The largest absolute Gasteiger partial charge is 0.505 e. The van der Waals surface area contributed by atoms with Crippen LogP contribution in [0.25, 0.3) is 0 Å². The Morgan fingerprint density at radius 2 is 1.11 bits per heavy atom. The van der Waals surface area contributed by atoms with Gasteiger partial charge >= 0.3 is 0 Å². The maximum absolute atomic E-state index is 10.7. The van der Waals surface area contributed by atoms with E-state index < -0.39 is 0 Å². The molecule has 0 bridgehead atoms. The Kier molecular flexibility index (Phi) is 10.1. The fourth-order valence-electron chi connectivity index (χ4n) is 4.06. The maximum atomic E-state index is 10.7. The lowest BCUT2D eigenvalue weighted by Gasteiger charge is -2.23. The number of nitrogens with one attached hydrogen (secondary N) is 4. The van der Waals surface area contributed by atoms with E-state index in [1.54, 1.807) is 13.0 Å². The van der Waals surface area contributed by atoms with E-state index in [0.29, 0.717) is 16.9 Å². The van der Waals surface area contributed by atoms with Crippen LogP contribution in [-0.2, 0) is 0 Å². The topological polar surface area (TPSA) is 91.8 Å². The van der Waals surface area contributed by atoms with Crippen LogP contribution >= 0.6 is 0 Å². The molecule has 8 nitrogen and oxygen atoms in total. The van der Waals surface area contributed by atoms with Crippen molar-refractivity contribution >= 4 is 34.1 Å². The van der Waals surface area contributed by atoms with Gasteiger partial charge in [-0.1, -0.05) is 0 Å². The highest BCUT2D eigenvalue weighted by Crippen LogP contribution is 2.42. The Morgan fingerprint density at radius 1 is 0.684 bits per heavy atom. The highest BCUT2D eigenvalue weighted by Gasteiger charge is 2.15. The van der Waals surface area contributed by atoms with Crippen LogP contribution in [0.15, 0.2) is 54.6 Å². The van der Waals surface area contributed by atoms with Crippen molar-refractivity contribution in [1.29, 1.82) is 0 Å². The van der Waals surface area contributed by atoms with Crippen LogP contribution in [0.2, 0.25) is 0 Å². The molecule has 0 fully saturated rings. The molecule has 0 amide bonds. The molecule has 3 aromatic rings. The average Bonchev–Trinajstić information content (AvgIpc) is 2.87. The highest BCUT2D eigenvalue weighted by molar-refractivity contribution is 5.80. The van der Waals surface area contributed by atoms with Gasteiger partial charge in [-0.05, 0) is 88.6 Å². The first kappa shape index (κ1) is 28.9. The molecule has 0 aliphatic rings. The van der Waals surface area contributed by atoms with Gasteiger partial charge in [0, 0.05) is 47.8 Å². The Labute approximate surface area is 227 Å². The number of anilines is 6. The summed E-state index contributed by atoms with van der Waals surface area (Å²) in [5.74, 6) is 0.0418. The zero-order chi connectivity index (χ0) is 27.7. The fraction of sp³-hybridized carbons (Fsp3) is 0.400. The summed E-state index contributed by atoms with van der Waals surface area (Å²) in [7, 11) is 10.7. The summed E-state index contributed by atoms with van der Waals surface area (Å²) in [6.45, 7) is 5.68. The second-order valence-corrected chi connectivity index (χ2v) is 11.1. The standard InChI is InChI=1S/C30H44N6O2/c1-22-29(37)27(33-25-13-9-23(10-14-25)31-17-7-19-35(2)3)21-28(30(22)38)34-26-15-11-24(12-16-26)32-18-8-20-36(4,5)6/h9-16,21,31-34H,7-8,17-20H2,1-6H3,(H-,37,38)/p+1. The van der Waals surface area contributed by atoms with Gasteiger partial charge in [0.15, 0.2) is 0 Å². The summed E-state index contributed by atoms with van der Waals surface area (Å²) < 4.78 is 0.955. The summed E-state index contributed by atoms with van der Waals surface area (Å²) in [4.78, 5) is 2.17. The number of aromatic hydroxyl groups is 2. The molecule has 0 spiro atoms. The second-order valence-electron chi connectivity index (χ2n) is 11.1. The van der Waals surface area contributed by atoms with Crippen molar-refractivity contribution in [3.63, 3.8) is 0 Å². The number of phenols is 2. The van der Waals surface area contributed by atoms with Crippen LogP contribution in [0, 0.1) is 6.92 Å². The van der Waals surface area contributed by atoms with E-state index >= 15 is 0 Å². The number of quaternary nitrogens is 1. The second kappa shape index (κ2) is 13.3. The summed E-state index contributed by atoms with van der Waals surface area (Å²) in [5.41, 5.74) is 5.24. The zero-order valence-corrected chi connectivity index (χ0v) is 23.7. The molecule has 8 heteroatoms. The first-order chi connectivity index (χ1) is 18.0. The van der Waals surface area contributed by atoms with Crippen LogP contribution in [0.5, 0.6) is 11.5 Å². The van der Waals surface area contributed by atoms with Crippen LogP contribution < -0.4 is 21.3 Å². The van der Waals surface area contributed by atoms with Gasteiger partial charge in [0.25, 0.3) is 0 Å². The minimum absolute atomic E-state index is 0.0207. The first-order valence-corrected chi connectivity index (χ1v) is 13.2. The van der Waals surface area contributed by atoms with Gasteiger partial charge in [0.2, 0.25) is 0 Å². The number of hydrogen-bond acceptors (Lipinski definition) is 7. The molecular formula is C30H45N6O2+. The smallest absolute Gasteiger partial charge is 0.145 e. The van der Waals surface area contributed by atoms with E-state index in [9.17, 15) is 10.2 Å². The summed E-state index contributed by atoms with van der Waals surface area (Å²) in [6.07, 6.45) is 2.16. The third kappa shape index (κ3) is 9.04. The van der Waals surface area contributed by atoms with Crippen LogP contribution in [0.3, 0.4) is 0 Å². The van der Waals surface area contributed by atoms with Gasteiger partial charge in [-0.2, -0.15) is 0 Å². The van der Waals surface area contributed by atoms with Crippen molar-refractivity contribution < 1.29 is 14.7 Å². The van der Waals surface area contributed by atoms with E-state index in [-0.39, 0.29) is 11.5 Å². The molecule has 3 aromatic carbocycles. The molecule has 0 saturated heterocycles. The van der Waals surface area contributed by atoms with Crippen LogP contribution in [0.4, 0.5) is 34.1 Å². The fourth-order valence-corrected chi connectivity index (χ4v) is 4.06. The number of phenolic OH excluding ortho intramolecular Hbond substituents is 2. The van der Waals surface area contributed by atoms with E-state index in [1.165, 1.54) is 0 Å². The van der Waals surface area contributed by atoms with Crippen LogP contribution in [-0.4, -0.2) is 81.0 Å². The summed E-state index contributed by atoms with van der Waals surface area (Å²) in [6, 6.07) is 17.7. The van der Waals surface area contributed by atoms with Gasteiger partial charge in [0.05, 0.1) is 39.1 Å². The summed E-state index contributed by atoms with van der Waals surface area (Å²) >= 11 is 0. The Balaban J connectivity index is 1.62. The minimum Gasteiger partial charge on any atom is -0.505 e. The molecule has 3 rings (SSSR count). The molecule has 0 radical (unpaired) electrons. The molecule has 0 aliphatic heterocycles. The lowest BCUT2D eigenvalue weighted by Crippen LogP contribution is -2.36. The van der Waals surface area contributed by atoms with Crippen molar-refractivity contribution in [3.05, 3.63) is 60.2 Å². The van der Waals surface area contributed by atoms with E-state index in [4.69, 9.17) is 0 Å². The quantitative estimate of drug-likeness (QED) is 0.0695. The molecule has 0 unspecified atom stereocenters. The zero-order valence-electron chi connectivity index (χ0n) is 23.7. The van der Waals surface area contributed by atoms with Crippen molar-refractivity contribution in [1.82, 2.24) is 4.90 Å². The number of rotatable bonds is 14. The monoisotopic (exact) mass is 521 g/mol.